The van der Waals surface area contributed by atoms with Crippen molar-refractivity contribution in [3.05, 3.63) is 71.7 Å². The first-order valence-corrected chi connectivity index (χ1v) is 7.71. The summed E-state index contributed by atoms with van der Waals surface area (Å²) >= 11 is 0. The van der Waals surface area contributed by atoms with E-state index in [0.717, 1.165) is 11.3 Å². The van der Waals surface area contributed by atoms with Crippen LogP contribution in [-0.4, -0.2) is 21.7 Å². The van der Waals surface area contributed by atoms with E-state index in [0.29, 0.717) is 30.3 Å². The summed E-state index contributed by atoms with van der Waals surface area (Å²) in [4.78, 5) is 4.36. The third-order valence-corrected chi connectivity index (χ3v) is 3.49. The first-order valence-electron chi connectivity index (χ1n) is 7.71. The van der Waals surface area contributed by atoms with Crippen molar-refractivity contribution in [3.63, 3.8) is 0 Å². The molecule has 0 unspecified atom stereocenters. The number of rotatable bonds is 6. The van der Waals surface area contributed by atoms with E-state index in [9.17, 15) is 4.39 Å². The quantitative estimate of drug-likeness (QED) is 0.724. The molecule has 0 saturated carbocycles. The van der Waals surface area contributed by atoms with Gasteiger partial charge in [-0.25, -0.2) is 4.39 Å². The van der Waals surface area contributed by atoms with Crippen molar-refractivity contribution >= 4 is 17.5 Å². The molecule has 0 spiro atoms. The molecule has 122 valence electrons. The fourth-order valence-corrected chi connectivity index (χ4v) is 2.32. The average molecular weight is 323 g/mol. The van der Waals surface area contributed by atoms with Crippen LogP contribution in [0.25, 0.3) is 0 Å². The van der Waals surface area contributed by atoms with Crippen LogP contribution in [0.15, 0.2) is 54.7 Å². The maximum absolute atomic E-state index is 13.6. The molecule has 0 fully saturated rings. The van der Waals surface area contributed by atoms with E-state index in [1.165, 1.54) is 6.07 Å². The molecule has 3 rings (SSSR count). The Kier molecular flexibility index (Phi) is 4.96. The smallest absolute Gasteiger partial charge is 0.249 e. The number of nitrogens with zero attached hydrogens (tertiary/aromatic N) is 3. The number of benzene rings is 2. The molecule has 0 aliphatic heterocycles. The lowest BCUT2D eigenvalue weighted by atomic mass is 10.1. The van der Waals surface area contributed by atoms with Gasteiger partial charge in [-0.3, -0.25) is 0 Å². The molecule has 1 heterocycles. The van der Waals surface area contributed by atoms with Gasteiger partial charge < -0.3 is 10.6 Å². The van der Waals surface area contributed by atoms with Crippen LogP contribution in [0, 0.1) is 12.7 Å². The molecular weight excluding hydrogens is 305 g/mol. The standard InChI is InChI=1S/C18H18FN5/c1-13-5-4-7-15(11-13)22-18-23-17(12-21-24-18)20-10-9-14-6-2-3-8-16(14)19/h2-8,11-12H,9-10H2,1H3,(H2,20,22,23,24). The van der Waals surface area contributed by atoms with Gasteiger partial charge in [0.1, 0.15) is 5.82 Å². The van der Waals surface area contributed by atoms with Crippen LogP contribution in [0.5, 0.6) is 0 Å². The molecule has 0 aliphatic rings. The van der Waals surface area contributed by atoms with E-state index in [4.69, 9.17) is 0 Å². The van der Waals surface area contributed by atoms with Crippen molar-refractivity contribution in [3.8, 4) is 0 Å². The second-order valence-electron chi connectivity index (χ2n) is 5.43. The molecule has 0 amide bonds. The van der Waals surface area contributed by atoms with Crippen LogP contribution < -0.4 is 10.6 Å². The van der Waals surface area contributed by atoms with Gasteiger partial charge in [0.25, 0.3) is 0 Å². The number of anilines is 3. The third kappa shape index (κ3) is 4.25. The van der Waals surface area contributed by atoms with Gasteiger partial charge >= 0.3 is 0 Å². The summed E-state index contributed by atoms with van der Waals surface area (Å²) in [6, 6.07) is 14.7. The lowest BCUT2D eigenvalue weighted by molar-refractivity contribution is 0.610. The van der Waals surface area contributed by atoms with Crippen molar-refractivity contribution in [1.29, 1.82) is 0 Å². The predicted octanol–water partition coefficient (Wildman–Crippen LogP) is 3.72. The Hall–Kier alpha value is -3.02. The maximum Gasteiger partial charge on any atom is 0.249 e. The van der Waals surface area contributed by atoms with Gasteiger partial charge in [-0.05, 0) is 42.7 Å². The van der Waals surface area contributed by atoms with E-state index >= 15 is 0 Å². The normalized spacial score (nSPS) is 10.4. The van der Waals surface area contributed by atoms with Crippen molar-refractivity contribution < 1.29 is 4.39 Å². The third-order valence-electron chi connectivity index (χ3n) is 3.49. The van der Waals surface area contributed by atoms with Gasteiger partial charge in [-0.2, -0.15) is 10.1 Å². The zero-order valence-electron chi connectivity index (χ0n) is 13.3. The van der Waals surface area contributed by atoms with Crippen molar-refractivity contribution in [2.75, 3.05) is 17.2 Å². The minimum Gasteiger partial charge on any atom is -0.368 e. The number of hydrogen-bond donors (Lipinski definition) is 2. The molecule has 6 heteroatoms. The average Bonchev–Trinajstić information content (AvgIpc) is 2.57. The van der Waals surface area contributed by atoms with E-state index < -0.39 is 0 Å². The Labute approximate surface area is 140 Å². The van der Waals surface area contributed by atoms with Crippen LogP contribution >= 0.6 is 0 Å². The molecule has 0 aliphatic carbocycles. The van der Waals surface area contributed by atoms with Gasteiger partial charge in [-0.1, -0.05) is 30.3 Å². The lowest BCUT2D eigenvalue weighted by Gasteiger charge is -2.08. The molecule has 2 aromatic carbocycles. The van der Waals surface area contributed by atoms with E-state index in [1.54, 1.807) is 18.3 Å². The Morgan fingerprint density at radius 3 is 2.79 bits per heavy atom. The van der Waals surface area contributed by atoms with Crippen LogP contribution in [0.4, 0.5) is 21.8 Å². The minimum atomic E-state index is -0.193. The summed E-state index contributed by atoms with van der Waals surface area (Å²) in [6.07, 6.45) is 2.11. The molecule has 1 aromatic heterocycles. The molecule has 0 bridgehead atoms. The largest absolute Gasteiger partial charge is 0.368 e. The Morgan fingerprint density at radius 2 is 1.96 bits per heavy atom. The molecule has 2 N–H and O–H groups in total. The summed E-state index contributed by atoms with van der Waals surface area (Å²) in [5.74, 6) is 0.815. The summed E-state index contributed by atoms with van der Waals surface area (Å²) in [6.45, 7) is 2.58. The highest BCUT2D eigenvalue weighted by molar-refractivity contribution is 5.55. The second-order valence-corrected chi connectivity index (χ2v) is 5.43. The van der Waals surface area contributed by atoms with Gasteiger partial charge in [-0.15, -0.1) is 5.10 Å². The topological polar surface area (TPSA) is 62.7 Å². The minimum absolute atomic E-state index is 0.193. The van der Waals surface area contributed by atoms with E-state index in [1.807, 2.05) is 37.3 Å². The molecule has 0 atom stereocenters. The highest BCUT2D eigenvalue weighted by Gasteiger charge is 2.03. The van der Waals surface area contributed by atoms with E-state index in [-0.39, 0.29) is 5.82 Å². The first kappa shape index (κ1) is 15.9. The molecular formula is C18H18FN5. The van der Waals surface area contributed by atoms with E-state index in [2.05, 4.69) is 25.8 Å². The number of hydrogen-bond acceptors (Lipinski definition) is 5. The number of aromatic nitrogens is 3. The van der Waals surface area contributed by atoms with Gasteiger partial charge in [0.15, 0.2) is 5.82 Å². The molecule has 0 radical (unpaired) electrons. The zero-order chi connectivity index (χ0) is 16.8. The van der Waals surface area contributed by atoms with Gasteiger partial charge in [0.2, 0.25) is 5.95 Å². The number of halogens is 1. The predicted molar refractivity (Wildman–Crippen MR) is 92.9 cm³/mol. The molecule has 24 heavy (non-hydrogen) atoms. The number of aryl methyl sites for hydroxylation is 1. The maximum atomic E-state index is 13.6. The SMILES string of the molecule is Cc1cccc(Nc2nncc(NCCc3ccccc3F)n2)c1. The van der Waals surface area contributed by atoms with Crippen LogP contribution in [0.1, 0.15) is 11.1 Å². The molecule has 0 saturated heterocycles. The Morgan fingerprint density at radius 1 is 1.08 bits per heavy atom. The summed E-state index contributed by atoms with van der Waals surface area (Å²) in [5, 5.41) is 14.2. The molecule has 3 aromatic rings. The van der Waals surface area contributed by atoms with Gasteiger partial charge in [0.05, 0.1) is 6.20 Å². The fourth-order valence-electron chi connectivity index (χ4n) is 2.32. The first-order chi connectivity index (χ1) is 11.7. The summed E-state index contributed by atoms with van der Waals surface area (Å²) in [5.41, 5.74) is 2.72. The molecule has 5 nitrogen and oxygen atoms in total. The summed E-state index contributed by atoms with van der Waals surface area (Å²) in [7, 11) is 0. The summed E-state index contributed by atoms with van der Waals surface area (Å²) < 4.78 is 13.6. The highest BCUT2D eigenvalue weighted by Crippen LogP contribution is 2.15. The van der Waals surface area contributed by atoms with Crippen LogP contribution in [-0.2, 0) is 6.42 Å². The Balaban J connectivity index is 1.60. The number of nitrogens with one attached hydrogen (secondary N) is 2. The monoisotopic (exact) mass is 323 g/mol. The van der Waals surface area contributed by atoms with Crippen LogP contribution in [0.3, 0.4) is 0 Å². The zero-order valence-corrected chi connectivity index (χ0v) is 13.3. The lowest BCUT2D eigenvalue weighted by Crippen LogP contribution is -2.09. The Bertz CT molecular complexity index is 822. The second kappa shape index (κ2) is 7.50. The highest BCUT2D eigenvalue weighted by atomic mass is 19.1. The van der Waals surface area contributed by atoms with Gasteiger partial charge in [0, 0.05) is 12.2 Å². The fraction of sp³-hybridized carbons (Fsp3) is 0.167. The van der Waals surface area contributed by atoms with Crippen LogP contribution in [0.2, 0.25) is 0 Å². The van der Waals surface area contributed by atoms with Crippen molar-refractivity contribution in [1.82, 2.24) is 15.2 Å². The van der Waals surface area contributed by atoms with Crippen molar-refractivity contribution in [2.24, 2.45) is 0 Å². The van der Waals surface area contributed by atoms with Crippen molar-refractivity contribution in [2.45, 2.75) is 13.3 Å².